The number of anilines is 1. The van der Waals surface area contributed by atoms with Crippen LogP contribution in [0.25, 0.3) is 11.0 Å². The third-order valence-electron chi connectivity index (χ3n) is 4.07. The van der Waals surface area contributed by atoms with E-state index in [1.54, 1.807) is 39.0 Å². The van der Waals surface area contributed by atoms with Crippen LogP contribution in [0.1, 0.15) is 37.7 Å². The molecule has 2 heterocycles. The number of ether oxygens (including phenoxy) is 1. The van der Waals surface area contributed by atoms with Gasteiger partial charge in [-0.3, -0.25) is 14.5 Å². The van der Waals surface area contributed by atoms with Crippen LogP contribution in [0.15, 0.2) is 27.1 Å². The van der Waals surface area contributed by atoms with Crippen molar-refractivity contribution in [3.63, 3.8) is 0 Å². The molecule has 1 aromatic carbocycles. The molecule has 1 aliphatic heterocycles. The van der Waals surface area contributed by atoms with Crippen LogP contribution in [0.3, 0.4) is 0 Å². The Balaban J connectivity index is 1.84. The summed E-state index contributed by atoms with van der Waals surface area (Å²) in [4.78, 5) is 38.0. The number of likely N-dealkylation sites (tertiary alicyclic amines) is 1. The number of hydrogen-bond donors (Lipinski definition) is 2. The van der Waals surface area contributed by atoms with Gasteiger partial charge in [-0.15, -0.1) is 0 Å². The average molecular weight is 438 g/mol. The van der Waals surface area contributed by atoms with E-state index in [0.717, 1.165) is 4.47 Å². The predicted molar refractivity (Wildman–Crippen MR) is 102 cm³/mol. The maximum absolute atomic E-state index is 12.7. The van der Waals surface area contributed by atoms with Gasteiger partial charge in [0, 0.05) is 16.4 Å². The van der Waals surface area contributed by atoms with E-state index in [1.807, 2.05) is 0 Å². The van der Waals surface area contributed by atoms with Crippen LogP contribution >= 0.6 is 15.9 Å². The van der Waals surface area contributed by atoms with E-state index in [2.05, 4.69) is 21.2 Å². The second-order valence-electron chi connectivity index (χ2n) is 7.28. The van der Waals surface area contributed by atoms with Crippen LogP contribution in [0, 0.1) is 0 Å². The van der Waals surface area contributed by atoms with Crippen molar-refractivity contribution in [3.8, 4) is 0 Å². The van der Waals surface area contributed by atoms with Gasteiger partial charge in [0.05, 0.1) is 0 Å². The molecule has 9 heteroatoms. The summed E-state index contributed by atoms with van der Waals surface area (Å²) < 4.78 is 11.5. The van der Waals surface area contributed by atoms with Crippen molar-refractivity contribution in [1.82, 2.24) is 4.90 Å². The molecule has 0 aliphatic carbocycles. The van der Waals surface area contributed by atoms with Crippen molar-refractivity contribution in [3.05, 3.63) is 28.4 Å². The van der Waals surface area contributed by atoms with E-state index in [0.29, 0.717) is 23.9 Å². The van der Waals surface area contributed by atoms with Gasteiger partial charge in [-0.2, -0.15) is 0 Å². The zero-order chi connectivity index (χ0) is 19.9. The van der Waals surface area contributed by atoms with Gasteiger partial charge < -0.3 is 20.2 Å². The predicted octanol–water partition coefficient (Wildman–Crippen LogP) is 3.24. The third-order valence-corrected chi connectivity index (χ3v) is 4.57. The summed E-state index contributed by atoms with van der Waals surface area (Å²) in [6, 6.07) is 4.45. The number of benzene rings is 1. The smallest absolute Gasteiger partial charge is 0.410 e. The van der Waals surface area contributed by atoms with Gasteiger partial charge in [-0.05, 0) is 45.4 Å². The minimum Gasteiger partial charge on any atom is -0.449 e. The Hall–Kier alpha value is -2.55. The number of carbonyl (C=O) groups excluding carboxylic acids is 3. The van der Waals surface area contributed by atoms with Gasteiger partial charge in [-0.25, -0.2) is 4.79 Å². The molecule has 0 saturated carbocycles. The zero-order valence-electron chi connectivity index (χ0n) is 15.2. The molecule has 8 nitrogen and oxygen atoms in total. The Kier molecular flexibility index (Phi) is 4.90. The summed E-state index contributed by atoms with van der Waals surface area (Å²) in [6.45, 7) is 5.70. The molecule has 27 heavy (non-hydrogen) atoms. The molecule has 3 N–H and O–H groups in total. The van der Waals surface area contributed by atoms with Gasteiger partial charge in [-0.1, -0.05) is 15.9 Å². The molecule has 1 saturated heterocycles. The molecular weight excluding hydrogens is 418 g/mol. The number of rotatable bonds is 3. The molecular formula is C18H20BrN3O5. The summed E-state index contributed by atoms with van der Waals surface area (Å²) in [5.74, 6) is -1.37. The quantitative estimate of drug-likeness (QED) is 0.764. The summed E-state index contributed by atoms with van der Waals surface area (Å²) in [5.41, 5.74) is 5.34. The second kappa shape index (κ2) is 6.88. The normalized spacial score (nSPS) is 16.7. The van der Waals surface area contributed by atoms with E-state index < -0.39 is 29.6 Å². The highest BCUT2D eigenvalue weighted by Gasteiger charge is 2.40. The highest BCUT2D eigenvalue weighted by molar-refractivity contribution is 9.10. The molecule has 0 spiro atoms. The van der Waals surface area contributed by atoms with Gasteiger partial charge in [0.25, 0.3) is 5.91 Å². The number of halogens is 1. The molecule has 0 bridgehead atoms. The lowest BCUT2D eigenvalue weighted by atomic mass is 10.0. The van der Waals surface area contributed by atoms with Crippen molar-refractivity contribution in [2.24, 2.45) is 5.73 Å². The molecule has 3 rings (SSSR count). The fourth-order valence-corrected chi connectivity index (χ4v) is 3.13. The van der Waals surface area contributed by atoms with Gasteiger partial charge in [0.2, 0.25) is 11.7 Å². The molecule has 2 aromatic rings. The largest absolute Gasteiger partial charge is 0.449 e. The second-order valence-corrected chi connectivity index (χ2v) is 8.19. The van der Waals surface area contributed by atoms with Crippen molar-refractivity contribution >= 4 is 50.5 Å². The van der Waals surface area contributed by atoms with Crippen LogP contribution < -0.4 is 11.1 Å². The average Bonchev–Trinajstić information content (AvgIpc) is 2.82. The Morgan fingerprint density at radius 2 is 2.04 bits per heavy atom. The maximum Gasteiger partial charge on any atom is 0.410 e. The standard InChI is InChI=1S/C18H20BrN3O5/c1-18(2,3)27-17(25)22-7-6-11(22)16(24)21-13-10-8-9(19)4-5-12(10)26-14(13)15(20)23/h4-5,8,11H,6-7H2,1-3H3,(H2,20,23)(H,21,24)/t11-/m0/s1. The van der Waals surface area contributed by atoms with E-state index in [9.17, 15) is 14.4 Å². The first-order chi connectivity index (χ1) is 12.6. The third kappa shape index (κ3) is 3.92. The SMILES string of the molecule is CC(C)(C)OC(=O)N1CC[C@H]1C(=O)Nc1c(C(N)=O)oc2ccc(Br)cc12. The number of carbonyl (C=O) groups is 3. The monoisotopic (exact) mass is 437 g/mol. The lowest BCUT2D eigenvalue weighted by molar-refractivity contribution is -0.125. The molecule has 1 atom stereocenters. The number of primary amides is 1. The van der Waals surface area contributed by atoms with E-state index >= 15 is 0 Å². The molecule has 1 aliphatic rings. The number of hydrogen-bond acceptors (Lipinski definition) is 5. The summed E-state index contributed by atoms with van der Waals surface area (Å²) in [5, 5.41) is 3.22. The molecule has 1 fully saturated rings. The first kappa shape index (κ1) is 19.2. The van der Waals surface area contributed by atoms with E-state index in [4.69, 9.17) is 14.9 Å². The Labute approximate surface area is 164 Å². The van der Waals surface area contributed by atoms with Crippen LogP contribution in [0.4, 0.5) is 10.5 Å². The lowest BCUT2D eigenvalue weighted by Crippen LogP contribution is -2.57. The Morgan fingerprint density at radius 3 is 2.59 bits per heavy atom. The summed E-state index contributed by atoms with van der Waals surface area (Å²) >= 11 is 3.35. The molecule has 1 aromatic heterocycles. The van der Waals surface area contributed by atoms with Gasteiger partial charge >= 0.3 is 6.09 Å². The first-order valence-corrected chi connectivity index (χ1v) is 9.18. The van der Waals surface area contributed by atoms with E-state index in [1.165, 1.54) is 4.90 Å². The minimum absolute atomic E-state index is 0.139. The lowest BCUT2D eigenvalue weighted by Gasteiger charge is -2.40. The molecule has 0 unspecified atom stereocenters. The van der Waals surface area contributed by atoms with Crippen LogP contribution in [0.5, 0.6) is 0 Å². The summed E-state index contributed by atoms with van der Waals surface area (Å²) in [7, 11) is 0. The number of amides is 3. The van der Waals surface area contributed by atoms with Crippen molar-refractivity contribution in [2.75, 3.05) is 11.9 Å². The van der Waals surface area contributed by atoms with E-state index in [-0.39, 0.29) is 11.4 Å². The summed E-state index contributed by atoms with van der Waals surface area (Å²) in [6.07, 6.45) is -0.0555. The van der Waals surface area contributed by atoms with Gasteiger partial charge in [0.15, 0.2) is 0 Å². The number of nitrogens with two attached hydrogens (primary N) is 1. The van der Waals surface area contributed by atoms with Crippen LogP contribution in [0.2, 0.25) is 0 Å². The topological polar surface area (TPSA) is 115 Å². The highest BCUT2D eigenvalue weighted by Crippen LogP contribution is 2.34. The molecule has 0 radical (unpaired) electrons. The van der Waals surface area contributed by atoms with Crippen molar-refractivity contribution in [1.29, 1.82) is 0 Å². The minimum atomic E-state index is -0.796. The zero-order valence-corrected chi connectivity index (χ0v) is 16.8. The Bertz CT molecular complexity index is 931. The molecule has 144 valence electrons. The van der Waals surface area contributed by atoms with Crippen LogP contribution in [-0.2, 0) is 9.53 Å². The number of furan rings is 1. The fraction of sp³-hybridized carbons (Fsp3) is 0.389. The number of nitrogens with one attached hydrogen (secondary N) is 1. The van der Waals surface area contributed by atoms with Crippen molar-refractivity contribution < 1.29 is 23.5 Å². The maximum atomic E-state index is 12.7. The number of nitrogens with zero attached hydrogens (tertiary/aromatic N) is 1. The number of fused-ring (bicyclic) bond motifs is 1. The fourth-order valence-electron chi connectivity index (χ4n) is 2.77. The van der Waals surface area contributed by atoms with Crippen LogP contribution in [-0.4, -0.2) is 41.0 Å². The van der Waals surface area contributed by atoms with Crippen molar-refractivity contribution in [2.45, 2.75) is 38.8 Å². The first-order valence-electron chi connectivity index (χ1n) is 8.39. The Morgan fingerprint density at radius 1 is 1.33 bits per heavy atom. The highest BCUT2D eigenvalue weighted by atomic mass is 79.9. The molecule has 3 amide bonds. The van der Waals surface area contributed by atoms with Gasteiger partial charge in [0.1, 0.15) is 22.9 Å².